The first kappa shape index (κ1) is 23.1. The van der Waals surface area contributed by atoms with E-state index in [1.807, 2.05) is 4.57 Å². The van der Waals surface area contributed by atoms with Crippen molar-refractivity contribution in [3.8, 4) is 0 Å². The highest BCUT2D eigenvalue weighted by atomic mass is 35.5. The fourth-order valence-corrected chi connectivity index (χ4v) is 5.23. The Balaban J connectivity index is 1.52. The van der Waals surface area contributed by atoms with Crippen molar-refractivity contribution >= 4 is 57.9 Å². The molecule has 0 radical (unpaired) electrons. The maximum Gasteiger partial charge on any atom is 0.224 e. The number of aliphatic hydroxyl groups is 1. The number of anilines is 3. The lowest BCUT2D eigenvalue weighted by molar-refractivity contribution is -0.122. The Morgan fingerprint density at radius 2 is 1.82 bits per heavy atom. The number of aliphatic hydroxyl groups excluding tert-OH is 1. The van der Waals surface area contributed by atoms with Crippen LogP contribution in [0.5, 0.6) is 0 Å². The van der Waals surface area contributed by atoms with E-state index in [2.05, 4.69) is 20.6 Å². The predicted octanol–water partition coefficient (Wildman–Crippen LogP) is 4.17. The second-order valence-electron chi connectivity index (χ2n) is 8.95. The minimum Gasteiger partial charge on any atom is -0.393 e. The first-order valence-electron chi connectivity index (χ1n) is 11.2. The van der Waals surface area contributed by atoms with Gasteiger partial charge in [0.05, 0.1) is 28.0 Å². The van der Waals surface area contributed by atoms with Gasteiger partial charge in [-0.2, -0.15) is 4.98 Å². The van der Waals surface area contributed by atoms with Crippen LogP contribution in [-0.2, 0) is 4.79 Å². The molecule has 2 fully saturated rings. The Kier molecular flexibility index (Phi) is 6.22. The number of nitrogens with two attached hydrogens (primary N) is 1. The zero-order valence-corrected chi connectivity index (χ0v) is 19.7. The standard InChI is InChI=1S/C22H24Cl2FN7O2/c23-15-5-11(25)6-16(24)18(15)30-22-29-17-9-27-21(28-12-7-14(33)8-12)31-20(17)32(22)13-3-1-10(2-4-13)19(26)34/h5-6,9-10,12-14,33H,1-4,7-8H2,(H2,26,34)(H,29,30)(H,27,28,31)/t10-,12-,13-,14-. The number of nitrogens with one attached hydrogen (secondary N) is 2. The van der Waals surface area contributed by atoms with Gasteiger partial charge in [-0.15, -0.1) is 0 Å². The van der Waals surface area contributed by atoms with Crippen molar-refractivity contribution in [3.63, 3.8) is 0 Å². The summed E-state index contributed by atoms with van der Waals surface area (Å²) in [6, 6.07) is 2.46. The van der Waals surface area contributed by atoms with E-state index in [1.165, 1.54) is 12.1 Å². The molecule has 34 heavy (non-hydrogen) atoms. The van der Waals surface area contributed by atoms with E-state index in [1.54, 1.807) is 6.20 Å². The summed E-state index contributed by atoms with van der Waals surface area (Å²) in [6.07, 6.45) is 5.36. The van der Waals surface area contributed by atoms with Gasteiger partial charge in [-0.05, 0) is 50.7 Å². The molecular weight excluding hydrogens is 484 g/mol. The van der Waals surface area contributed by atoms with Crippen molar-refractivity contribution < 1.29 is 14.3 Å². The quantitative estimate of drug-likeness (QED) is 0.393. The van der Waals surface area contributed by atoms with E-state index >= 15 is 0 Å². The Morgan fingerprint density at radius 3 is 2.44 bits per heavy atom. The number of rotatable bonds is 6. The van der Waals surface area contributed by atoms with E-state index in [4.69, 9.17) is 33.9 Å². The number of hydrogen-bond donors (Lipinski definition) is 4. The number of aromatic nitrogens is 4. The maximum atomic E-state index is 13.7. The van der Waals surface area contributed by atoms with Crippen LogP contribution >= 0.6 is 23.2 Å². The number of halogens is 3. The Labute approximate surface area is 204 Å². The van der Waals surface area contributed by atoms with Crippen LogP contribution in [0.1, 0.15) is 44.6 Å². The third-order valence-corrected chi connectivity index (χ3v) is 7.18. The van der Waals surface area contributed by atoms with Gasteiger partial charge >= 0.3 is 0 Å². The molecule has 0 spiro atoms. The number of carbonyl (C=O) groups excluding carboxylic acids is 1. The molecular formula is C22H24Cl2FN7O2. The number of fused-ring (bicyclic) bond motifs is 1. The first-order valence-corrected chi connectivity index (χ1v) is 11.9. The minimum absolute atomic E-state index is 0.00521. The van der Waals surface area contributed by atoms with E-state index in [0.717, 1.165) is 0 Å². The molecule has 1 amide bonds. The first-order chi connectivity index (χ1) is 16.3. The molecule has 2 aromatic heterocycles. The SMILES string of the molecule is NC(=O)[C@H]1CC[C@H](n2c(Nc3c(Cl)cc(F)cc3Cl)nc3cnc(N[C@H]4C[C@H](O)C4)nc32)CC1. The molecule has 9 nitrogen and oxygen atoms in total. The third-order valence-electron chi connectivity index (χ3n) is 6.59. The molecule has 0 atom stereocenters. The highest BCUT2D eigenvalue weighted by molar-refractivity contribution is 6.39. The highest BCUT2D eigenvalue weighted by Crippen LogP contribution is 2.39. The van der Waals surface area contributed by atoms with Gasteiger partial charge in [0, 0.05) is 18.0 Å². The normalized spacial score (nSPS) is 24.6. The monoisotopic (exact) mass is 507 g/mol. The molecule has 1 aromatic carbocycles. The van der Waals surface area contributed by atoms with Crippen LogP contribution in [-0.4, -0.2) is 42.7 Å². The molecule has 5 N–H and O–H groups in total. The molecule has 2 aliphatic rings. The van der Waals surface area contributed by atoms with Crippen molar-refractivity contribution in [1.29, 1.82) is 0 Å². The number of carbonyl (C=O) groups is 1. The molecule has 0 bridgehead atoms. The van der Waals surface area contributed by atoms with Crippen LogP contribution in [0.2, 0.25) is 10.0 Å². The zero-order chi connectivity index (χ0) is 24.0. The van der Waals surface area contributed by atoms with Gasteiger partial charge in [0.15, 0.2) is 5.65 Å². The fourth-order valence-electron chi connectivity index (χ4n) is 4.67. The summed E-state index contributed by atoms with van der Waals surface area (Å²) in [4.78, 5) is 25.4. The van der Waals surface area contributed by atoms with E-state index in [9.17, 15) is 14.3 Å². The Bertz CT molecular complexity index is 1220. The summed E-state index contributed by atoms with van der Waals surface area (Å²) in [5, 5.41) is 16.2. The van der Waals surface area contributed by atoms with Crippen molar-refractivity contribution in [2.45, 2.75) is 56.7 Å². The smallest absolute Gasteiger partial charge is 0.224 e. The van der Waals surface area contributed by atoms with Crippen molar-refractivity contribution in [3.05, 3.63) is 34.2 Å². The number of amides is 1. The Morgan fingerprint density at radius 1 is 1.15 bits per heavy atom. The second-order valence-corrected chi connectivity index (χ2v) is 9.77. The largest absolute Gasteiger partial charge is 0.393 e. The highest BCUT2D eigenvalue weighted by Gasteiger charge is 2.31. The lowest BCUT2D eigenvalue weighted by atomic mass is 9.85. The fraction of sp³-hybridized carbons (Fsp3) is 0.455. The van der Waals surface area contributed by atoms with E-state index in [-0.39, 0.29) is 40.1 Å². The topological polar surface area (TPSA) is 131 Å². The van der Waals surface area contributed by atoms with Gasteiger partial charge in [-0.25, -0.2) is 14.4 Å². The molecule has 0 unspecified atom stereocenters. The molecule has 2 aliphatic carbocycles. The molecule has 5 rings (SSSR count). The van der Waals surface area contributed by atoms with Crippen molar-refractivity contribution in [2.24, 2.45) is 11.7 Å². The van der Waals surface area contributed by atoms with E-state index in [0.29, 0.717) is 67.3 Å². The summed E-state index contributed by atoms with van der Waals surface area (Å²) in [6.45, 7) is 0. The van der Waals surface area contributed by atoms with Crippen LogP contribution in [0, 0.1) is 11.7 Å². The summed E-state index contributed by atoms with van der Waals surface area (Å²) >= 11 is 12.5. The average Bonchev–Trinajstić information content (AvgIpc) is 3.12. The molecule has 0 saturated heterocycles. The second kappa shape index (κ2) is 9.16. The van der Waals surface area contributed by atoms with Crippen LogP contribution in [0.4, 0.5) is 22.0 Å². The number of primary amides is 1. The summed E-state index contributed by atoms with van der Waals surface area (Å²) in [7, 11) is 0. The van der Waals surface area contributed by atoms with Crippen molar-refractivity contribution in [2.75, 3.05) is 10.6 Å². The average molecular weight is 508 g/mol. The van der Waals surface area contributed by atoms with Gasteiger partial charge in [0.1, 0.15) is 11.3 Å². The lowest BCUT2D eigenvalue weighted by Gasteiger charge is -2.32. The van der Waals surface area contributed by atoms with Gasteiger partial charge in [-0.3, -0.25) is 9.36 Å². The van der Waals surface area contributed by atoms with Gasteiger partial charge in [0.25, 0.3) is 0 Å². The third kappa shape index (κ3) is 4.49. The lowest BCUT2D eigenvalue weighted by Crippen LogP contribution is -2.39. The predicted molar refractivity (Wildman–Crippen MR) is 128 cm³/mol. The molecule has 2 heterocycles. The Hall–Kier alpha value is -2.69. The molecule has 12 heteroatoms. The van der Waals surface area contributed by atoms with Crippen LogP contribution in [0.3, 0.4) is 0 Å². The van der Waals surface area contributed by atoms with Gasteiger partial charge in [0.2, 0.25) is 17.8 Å². The van der Waals surface area contributed by atoms with Crippen LogP contribution in [0.15, 0.2) is 18.3 Å². The van der Waals surface area contributed by atoms with Gasteiger partial charge in [-0.1, -0.05) is 23.2 Å². The summed E-state index contributed by atoms with van der Waals surface area (Å²) in [5.41, 5.74) is 7.02. The number of hydrogen-bond acceptors (Lipinski definition) is 7. The van der Waals surface area contributed by atoms with Crippen LogP contribution in [0.25, 0.3) is 11.2 Å². The van der Waals surface area contributed by atoms with Crippen LogP contribution < -0.4 is 16.4 Å². The number of imidazole rings is 1. The van der Waals surface area contributed by atoms with E-state index < -0.39 is 5.82 Å². The minimum atomic E-state index is -0.540. The molecule has 180 valence electrons. The number of nitrogens with zero attached hydrogens (tertiary/aromatic N) is 4. The summed E-state index contributed by atoms with van der Waals surface area (Å²) < 4.78 is 15.7. The van der Waals surface area contributed by atoms with Crippen molar-refractivity contribution in [1.82, 2.24) is 19.5 Å². The molecule has 3 aromatic rings. The van der Waals surface area contributed by atoms with Gasteiger partial charge < -0.3 is 21.5 Å². The molecule has 2 saturated carbocycles. The zero-order valence-electron chi connectivity index (χ0n) is 18.1. The number of benzene rings is 1. The maximum absolute atomic E-state index is 13.7. The molecule has 0 aliphatic heterocycles. The summed E-state index contributed by atoms with van der Waals surface area (Å²) in [5.74, 6) is -0.0882.